The minimum Gasteiger partial charge on any atom is -0.497 e. The molecule has 3 aromatic carbocycles. The number of aromatic nitrogens is 2. The molecule has 0 bridgehead atoms. The molecule has 4 rings (SSSR count). The summed E-state index contributed by atoms with van der Waals surface area (Å²) in [7, 11) is 1.64. The van der Waals surface area contributed by atoms with Gasteiger partial charge >= 0.3 is 0 Å². The third kappa shape index (κ3) is 6.01. The van der Waals surface area contributed by atoms with Crippen molar-refractivity contribution in [2.45, 2.75) is 26.5 Å². The van der Waals surface area contributed by atoms with Crippen LogP contribution in [0.2, 0.25) is 0 Å². The Balaban J connectivity index is 1.35. The maximum absolute atomic E-state index is 12.8. The molecule has 1 N–H and O–H groups in total. The van der Waals surface area contributed by atoms with Crippen LogP contribution in [0.4, 0.5) is 5.69 Å². The standard InChI is InChI=1S/C27H27N3O3/c1-3-20-10-12-25(13-11-20)33-19-22-7-4-8-23(14-22)27(31)29-24-16-28-30(18-24)17-21-6-5-9-26(15-21)32-2/h4-16,18H,3,17,19H2,1-2H3,(H,29,31). The lowest BCUT2D eigenvalue weighted by atomic mass is 10.1. The second-order valence-corrected chi connectivity index (χ2v) is 7.72. The lowest BCUT2D eigenvalue weighted by molar-refractivity contribution is 0.102. The number of benzene rings is 3. The molecule has 0 saturated carbocycles. The van der Waals surface area contributed by atoms with E-state index < -0.39 is 0 Å². The van der Waals surface area contributed by atoms with Gasteiger partial charge in [-0.2, -0.15) is 5.10 Å². The first-order chi connectivity index (χ1) is 16.1. The van der Waals surface area contributed by atoms with Gasteiger partial charge in [-0.3, -0.25) is 9.48 Å². The fourth-order valence-electron chi connectivity index (χ4n) is 3.47. The van der Waals surface area contributed by atoms with Crippen molar-refractivity contribution in [1.29, 1.82) is 0 Å². The summed E-state index contributed by atoms with van der Waals surface area (Å²) in [6.07, 6.45) is 4.45. The summed E-state index contributed by atoms with van der Waals surface area (Å²) in [6.45, 7) is 3.10. The van der Waals surface area contributed by atoms with E-state index in [9.17, 15) is 4.79 Å². The zero-order valence-electron chi connectivity index (χ0n) is 18.8. The van der Waals surface area contributed by atoms with E-state index in [4.69, 9.17) is 9.47 Å². The number of ether oxygens (including phenoxy) is 2. The molecule has 0 spiro atoms. The number of methoxy groups -OCH3 is 1. The van der Waals surface area contributed by atoms with E-state index in [1.54, 1.807) is 24.1 Å². The van der Waals surface area contributed by atoms with Crippen LogP contribution in [-0.2, 0) is 19.6 Å². The molecule has 0 fully saturated rings. The van der Waals surface area contributed by atoms with Crippen molar-refractivity contribution in [3.63, 3.8) is 0 Å². The fraction of sp³-hybridized carbons (Fsp3) is 0.185. The quantitative estimate of drug-likeness (QED) is 0.381. The van der Waals surface area contributed by atoms with Crippen LogP contribution in [0.5, 0.6) is 11.5 Å². The molecule has 33 heavy (non-hydrogen) atoms. The van der Waals surface area contributed by atoms with Crippen LogP contribution >= 0.6 is 0 Å². The molecule has 1 aromatic heterocycles. The van der Waals surface area contributed by atoms with E-state index in [-0.39, 0.29) is 5.91 Å². The SMILES string of the molecule is CCc1ccc(OCc2cccc(C(=O)Nc3cnn(Cc4cccc(OC)c4)c3)c2)cc1. The van der Waals surface area contributed by atoms with Gasteiger partial charge in [-0.15, -0.1) is 0 Å². The lowest BCUT2D eigenvalue weighted by Gasteiger charge is -2.09. The summed E-state index contributed by atoms with van der Waals surface area (Å²) in [4.78, 5) is 12.8. The summed E-state index contributed by atoms with van der Waals surface area (Å²) < 4.78 is 12.9. The van der Waals surface area contributed by atoms with E-state index >= 15 is 0 Å². The average molecular weight is 442 g/mol. The highest BCUT2D eigenvalue weighted by atomic mass is 16.5. The molecule has 6 nitrogen and oxygen atoms in total. The average Bonchev–Trinajstić information content (AvgIpc) is 3.29. The molecular formula is C27H27N3O3. The molecule has 1 amide bonds. The first kappa shape index (κ1) is 22.1. The Morgan fingerprint density at radius 2 is 1.73 bits per heavy atom. The second-order valence-electron chi connectivity index (χ2n) is 7.72. The van der Waals surface area contributed by atoms with Gasteiger partial charge in [0.25, 0.3) is 5.91 Å². The number of nitrogens with zero attached hydrogens (tertiary/aromatic N) is 2. The monoisotopic (exact) mass is 441 g/mol. The second kappa shape index (κ2) is 10.5. The molecular weight excluding hydrogens is 414 g/mol. The minimum atomic E-state index is -0.190. The summed E-state index contributed by atoms with van der Waals surface area (Å²) in [6, 6.07) is 23.3. The summed E-state index contributed by atoms with van der Waals surface area (Å²) in [5.74, 6) is 1.42. The zero-order valence-corrected chi connectivity index (χ0v) is 18.8. The van der Waals surface area contributed by atoms with Gasteiger partial charge in [0.15, 0.2) is 0 Å². The maximum atomic E-state index is 12.8. The molecule has 168 valence electrons. The molecule has 4 aromatic rings. The number of anilines is 1. The Morgan fingerprint density at radius 3 is 2.52 bits per heavy atom. The molecule has 0 aliphatic heterocycles. The highest BCUT2D eigenvalue weighted by molar-refractivity contribution is 6.04. The van der Waals surface area contributed by atoms with Crippen molar-refractivity contribution in [2.24, 2.45) is 0 Å². The Labute approximate surface area is 193 Å². The van der Waals surface area contributed by atoms with Gasteiger partial charge in [-0.1, -0.05) is 43.3 Å². The van der Waals surface area contributed by atoms with Gasteiger partial charge in [0.1, 0.15) is 18.1 Å². The van der Waals surface area contributed by atoms with Crippen LogP contribution in [-0.4, -0.2) is 22.8 Å². The Hall–Kier alpha value is -4.06. The number of amides is 1. The van der Waals surface area contributed by atoms with Crippen molar-refractivity contribution >= 4 is 11.6 Å². The van der Waals surface area contributed by atoms with Gasteiger partial charge in [0, 0.05) is 11.8 Å². The number of hydrogen-bond donors (Lipinski definition) is 1. The van der Waals surface area contributed by atoms with Crippen molar-refractivity contribution < 1.29 is 14.3 Å². The molecule has 1 heterocycles. The Morgan fingerprint density at radius 1 is 0.939 bits per heavy atom. The molecule has 0 atom stereocenters. The van der Waals surface area contributed by atoms with Gasteiger partial charge in [0.05, 0.1) is 25.5 Å². The molecule has 0 saturated heterocycles. The number of carbonyl (C=O) groups is 1. The van der Waals surface area contributed by atoms with Crippen LogP contribution in [0.3, 0.4) is 0 Å². The molecule has 0 aliphatic rings. The lowest BCUT2D eigenvalue weighted by Crippen LogP contribution is -2.12. The van der Waals surface area contributed by atoms with E-state index in [1.165, 1.54) is 5.56 Å². The van der Waals surface area contributed by atoms with Gasteiger partial charge in [-0.25, -0.2) is 0 Å². The van der Waals surface area contributed by atoms with Crippen LogP contribution in [0.1, 0.15) is 34.0 Å². The number of aryl methyl sites for hydroxylation is 1. The van der Waals surface area contributed by atoms with E-state index in [2.05, 4.69) is 29.5 Å². The smallest absolute Gasteiger partial charge is 0.255 e. The van der Waals surface area contributed by atoms with Gasteiger partial charge < -0.3 is 14.8 Å². The summed E-state index contributed by atoms with van der Waals surface area (Å²) >= 11 is 0. The largest absolute Gasteiger partial charge is 0.497 e. The highest BCUT2D eigenvalue weighted by Crippen LogP contribution is 2.17. The predicted octanol–water partition coefficient (Wildman–Crippen LogP) is 5.33. The Bertz CT molecular complexity index is 1220. The normalized spacial score (nSPS) is 10.6. The third-order valence-electron chi connectivity index (χ3n) is 5.30. The van der Waals surface area contributed by atoms with Crippen molar-refractivity contribution in [3.8, 4) is 11.5 Å². The maximum Gasteiger partial charge on any atom is 0.255 e. The molecule has 6 heteroatoms. The third-order valence-corrected chi connectivity index (χ3v) is 5.30. The van der Waals surface area contributed by atoms with Crippen molar-refractivity contribution in [3.05, 3.63) is 107 Å². The number of carbonyl (C=O) groups excluding carboxylic acids is 1. The van der Waals surface area contributed by atoms with Crippen LogP contribution in [0.25, 0.3) is 0 Å². The van der Waals surface area contributed by atoms with E-state index in [1.807, 2.05) is 60.8 Å². The molecule has 0 radical (unpaired) electrons. The van der Waals surface area contributed by atoms with Gasteiger partial charge in [-0.05, 0) is 59.5 Å². The first-order valence-electron chi connectivity index (χ1n) is 10.9. The predicted molar refractivity (Wildman–Crippen MR) is 129 cm³/mol. The van der Waals surface area contributed by atoms with Crippen LogP contribution in [0.15, 0.2) is 85.2 Å². The van der Waals surface area contributed by atoms with Crippen molar-refractivity contribution in [2.75, 3.05) is 12.4 Å². The van der Waals surface area contributed by atoms with E-state index in [0.29, 0.717) is 24.4 Å². The Kier molecular flexibility index (Phi) is 7.05. The number of nitrogens with one attached hydrogen (secondary N) is 1. The molecule has 0 unspecified atom stereocenters. The molecule has 0 aliphatic carbocycles. The minimum absolute atomic E-state index is 0.190. The van der Waals surface area contributed by atoms with Gasteiger partial charge in [0.2, 0.25) is 0 Å². The summed E-state index contributed by atoms with van der Waals surface area (Å²) in [5, 5.41) is 7.26. The summed E-state index contributed by atoms with van der Waals surface area (Å²) in [5.41, 5.74) is 4.47. The number of rotatable bonds is 9. The fourth-order valence-corrected chi connectivity index (χ4v) is 3.47. The van der Waals surface area contributed by atoms with Crippen LogP contribution < -0.4 is 14.8 Å². The topological polar surface area (TPSA) is 65.4 Å². The zero-order chi connectivity index (χ0) is 23.0. The van der Waals surface area contributed by atoms with Crippen LogP contribution in [0, 0.1) is 0 Å². The first-order valence-corrected chi connectivity index (χ1v) is 10.9. The van der Waals surface area contributed by atoms with E-state index in [0.717, 1.165) is 29.0 Å². The number of hydrogen-bond acceptors (Lipinski definition) is 4. The highest BCUT2D eigenvalue weighted by Gasteiger charge is 2.09. The van der Waals surface area contributed by atoms with Crippen molar-refractivity contribution in [1.82, 2.24) is 9.78 Å².